The first kappa shape index (κ1) is 18.0. The third kappa shape index (κ3) is 4.47. The average Bonchev–Trinajstić information content (AvgIpc) is 3.40. The van der Waals surface area contributed by atoms with Gasteiger partial charge in [-0.25, -0.2) is 4.39 Å². The van der Waals surface area contributed by atoms with Crippen LogP contribution in [0.25, 0.3) is 0 Å². The Hall–Kier alpha value is -2.41. The minimum absolute atomic E-state index is 0.229. The fourth-order valence-electron chi connectivity index (χ4n) is 3.55. The van der Waals surface area contributed by atoms with E-state index < -0.39 is 5.91 Å². The fourth-order valence-corrected chi connectivity index (χ4v) is 3.55. The molecule has 27 heavy (non-hydrogen) atoms. The van der Waals surface area contributed by atoms with Gasteiger partial charge >= 0.3 is 0 Å². The van der Waals surface area contributed by atoms with Crippen molar-refractivity contribution in [3.8, 4) is 0 Å². The predicted molar refractivity (Wildman–Crippen MR) is 100 cm³/mol. The topological polar surface area (TPSA) is 82.2 Å². The van der Waals surface area contributed by atoms with Gasteiger partial charge < -0.3 is 15.8 Å². The second-order valence-corrected chi connectivity index (χ2v) is 7.57. The lowest BCUT2D eigenvalue weighted by Crippen LogP contribution is -2.24. The Balaban J connectivity index is 1.42. The zero-order chi connectivity index (χ0) is 18.8. The molecule has 2 fully saturated rings. The molecule has 1 aromatic carbocycles. The van der Waals surface area contributed by atoms with Crippen molar-refractivity contribution < 1.29 is 13.9 Å². The van der Waals surface area contributed by atoms with Gasteiger partial charge in [0.25, 0.3) is 5.91 Å². The van der Waals surface area contributed by atoms with Gasteiger partial charge in [0.1, 0.15) is 11.4 Å². The number of hydrogen-bond acceptors (Lipinski definition) is 4. The van der Waals surface area contributed by atoms with Crippen molar-refractivity contribution in [2.75, 3.05) is 11.9 Å². The van der Waals surface area contributed by atoms with Crippen LogP contribution in [0.4, 0.5) is 15.9 Å². The first-order valence-corrected chi connectivity index (χ1v) is 9.61. The maximum atomic E-state index is 13.1. The summed E-state index contributed by atoms with van der Waals surface area (Å²) < 4.78 is 20.9. The third-order valence-electron chi connectivity index (χ3n) is 5.39. The Morgan fingerprint density at radius 3 is 2.52 bits per heavy atom. The highest BCUT2D eigenvalue weighted by atomic mass is 19.1. The highest BCUT2D eigenvalue weighted by Gasteiger charge is 2.28. The number of anilines is 2. The molecular formula is C20H25FN4O2. The molecule has 1 heterocycles. The van der Waals surface area contributed by atoms with Crippen LogP contribution >= 0.6 is 0 Å². The Morgan fingerprint density at radius 2 is 1.89 bits per heavy atom. The van der Waals surface area contributed by atoms with Gasteiger partial charge in [0.2, 0.25) is 0 Å². The lowest BCUT2D eigenvalue weighted by Gasteiger charge is -2.28. The van der Waals surface area contributed by atoms with Gasteiger partial charge in [-0.3, -0.25) is 9.48 Å². The Morgan fingerprint density at radius 1 is 1.19 bits per heavy atom. The van der Waals surface area contributed by atoms with Crippen molar-refractivity contribution in [3.05, 3.63) is 41.8 Å². The zero-order valence-electron chi connectivity index (χ0n) is 15.2. The first-order valence-electron chi connectivity index (χ1n) is 9.61. The van der Waals surface area contributed by atoms with Crippen LogP contribution in [0.5, 0.6) is 0 Å². The van der Waals surface area contributed by atoms with Crippen molar-refractivity contribution >= 4 is 17.4 Å². The molecule has 1 amide bonds. The molecule has 4 rings (SSSR count). The molecule has 6 nitrogen and oxygen atoms in total. The van der Waals surface area contributed by atoms with Gasteiger partial charge in [0.15, 0.2) is 5.82 Å². The number of ether oxygens (including phenoxy) is 1. The minimum Gasteiger partial charge on any atom is -0.378 e. The number of aromatic nitrogens is 2. The van der Waals surface area contributed by atoms with Gasteiger partial charge in [-0.2, -0.15) is 5.10 Å². The summed E-state index contributed by atoms with van der Waals surface area (Å²) in [5, 5.41) is 7.62. The molecule has 2 aromatic rings. The largest absolute Gasteiger partial charge is 0.378 e. The Bertz CT molecular complexity index is 793. The maximum Gasteiger partial charge on any atom is 0.254 e. The lowest BCUT2D eigenvalue weighted by molar-refractivity contribution is 0.0127. The Kier molecular flexibility index (Phi) is 5.11. The van der Waals surface area contributed by atoms with Crippen LogP contribution in [0, 0.1) is 11.7 Å². The summed E-state index contributed by atoms with van der Waals surface area (Å²) in [7, 11) is 0. The predicted octanol–water partition coefficient (Wildman–Crippen LogP) is 3.78. The van der Waals surface area contributed by atoms with Crippen LogP contribution in [0.2, 0.25) is 0 Å². The molecule has 3 N–H and O–H groups in total. The molecule has 0 unspecified atom stereocenters. The average molecular weight is 372 g/mol. The molecule has 0 radical (unpaired) electrons. The highest BCUT2D eigenvalue weighted by molar-refractivity contribution is 5.98. The molecule has 144 valence electrons. The number of nitrogens with one attached hydrogen (secondary N) is 1. The van der Waals surface area contributed by atoms with Crippen LogP contribution < -0.4 is 11.1 Å². The van der Waals surface area contributed by atoms with Gasteiger partial charge in [0.05, 0.1) is 12.1 Å². The molecule has 0 bridgehead atoms. The van der Waals surface area contributed by atoms with Gasteiger partial charge in [0, 0.05) is 18.5 Å². The van der Waals surface area contributed by atoms with Crippen LogP contribution in [0.1, 0.15) is 54.9 Å². The van der Waals surface area contributed by atoms with E-state index in [0.717, 1.165) is 38.2 Å². The van der Waals surface area contributed by atoms with E-state index in [4.69, 9.17) is 10.5 Å². The maximum absolute atomic E-state index is 13.1. The first-order chi connectivity index (χ1) is 13.1. The number of rotatable bonds is 7. The molecular weight excluding hydrogens is 347 g/mol. The lowest BCUT2D eigenvalue weighted by atomic mass is 9.93. The fraction of sp³-hybridized carbons (Fsp3) is 0.500. The highest BCUT2D eigenvalue weighted by Crippen LogP contribution is 2.34. The summed E-state index contributed by atoms with van der Waals surface area (Å²) in [5.74, 6) is 0.336. The normalized spacial score (nSPS) is 22.6. The molecule has 2 aliphatic carbocycles. The van der Waals surface area contributed by atoms with E-state index in [0.29, 0.717) is 23.2 Å². The molecule has 0 atom stereocenters. The molecule has 2 aliphatic rings. The number of amides is 1. The molecule has 0 spiro atoms. The summed E-state index contributed by atoms with van der Waals surface area (Å²) >= 11 is 0. The van der Waals surface area contributed by atoms with E-state index in [1.54, 1.807) is 18.3 Å². The number of carbonyl (C=O) groups excluding carboxylic acids is 1. The molecule has 0 saturated heterocycles. The van der Waals surface area contributed by atoms with E-state index in [9.17, 15) is 9.18 Å². The smallest absolute Gasteiger partial charge is 0.254 e. The van der Waals surface area contributed by atoms with Crippen LogP contribution in [0.3, 0.4) is 0 Å². The van der Waals surface area contributed by atoms with E-state index in [2.05, 4.69) is 10.4 Å². The van der Waals surface area contributed by atoms with Crippen LogP contribution in [0.15, 0.2) is 30.5 Å². The summed E-state index contributed by atoms with van der Waals surface area (Å²) in [6.45, 7) is 0.897. The van der Waals surface area contributed by atoms with Gasteiger partial charge in [-0.1, -0.05) is 0 Å². The van der Waals surface area contributed by atoms with Gasteiger partial charge in [-0.05, 0) is 68.7 Å². The number of nitrogens with two attached hydrogens (primary N) is 1. The second kappa shape index (κ2) is 7.68. The SMILES string of the molecule is NC(=O)c1cn([C@H]2CC[C@@H](OCC3CC3)CC2)nc1Nc1ccc(F)cc1. The number of hydrogen-bond donors (Lipinski definition) is 2. The molecule has 2 saturated carbocycles. The monoisotopic (exact) mass is 372 g/mol. The summed E-state index contributed by atoms with van der Waals surface area (Å²) in [5.41, 5.74) is 6.51. The van der Waals surface area contributed by atoms with Crippen molar-refractivity contribution in [2.45, 2.75) is 50.7 Å². The van der Waals surface area contributed by atoms with E-state index >= 15 is 0 Å². The standard InChI is InChI=1S/C20H25FN4O2/c21-14-3-5-15(6-4-14)23-20-18(19(22)26)11-25(24-20)16-7-9-17(10-8-16)27-12-13-1-2-13/h3-6,11,13,16-17H,1-2,7-10,12H2,(H2,22,26)(H,23,24)/t16-,17+. The number of nitrogens with zero attached hydrogens (tertiary/aromatic N) is 2. The quantitative estimate of drug-likeness (QED) is 0.775. The Labute approximate surface area is 157 Å². The molecule has 7 heteroatoms. The molecule has 0 aliphatic heterocycles. The summed E-state index contributed by atoms with van der Waals surface area (Å²) in [6.07, 6.45) is 8.60. The van der Waals surface area contributed by atoms with Crippen molar-refractivity contribution in [1.29, 1.82) is 0 Å². The summed E-state index contributed by atoms with van der Waals surface area (Å²) in [6, 6.07) is 6.13. The van der Waals surface area contributed by atoms with E-state index in [-0.39, 0.29) is 11.9 Å². The van der Waals surface area contributed by atoms with Crippen molar-refractivity contribution in [2.24, 2.45) is 11.7 Å². The summed E-state index contributed by atoms with van der Waals surface area (Å²) in [4.78, 5) is 11.8. The van der Waals surface area contributed by atoms with Crippen LogP contribution in [-0.2, 0) is 4.74 Å². The minimum atomic E-state index is -0.535. The molecule has 1 aromatic heterocycles. The number of halogens is 1. The number of primary amides is 1. The number of carbonyl (C=O) groups is 1. The zero-order valence-corrected chi connectivity index (χ0v) is 15.2. The second-order valence-electron chi connectivity index (χ2n) is 7.57. The van der Waals surface area contributed by atoms with E-state index in [1.807, 2.05) is 4.68 Å². The third-order valence-corrected chi connectivity index (χ3v) is 5.39. The van der Waals surface area contributed by atoms with Crippen molar-refractivity contribution in [3.63, 3.8) is 0 Å². The van der Waals surface area contributed by atoms with Crippen LogP contribution in [-0.4, -0.2) is 28.4 Å². The van der Waals surface area contributed by atoms with Gasteiger partial charge in [-0.15, -0.1) is 0 Å². The van der Waals surface area contributed by atoms with Crippen molar-refractivity contribution in [1.82, 2.24) is 9.78 Å². The van der Waals surface area contributed by atoms with E-state index in [1.165, 1.54) is 25.0 Å². The number of benzene rings is 1.